The Labute approximate surface area is 105 Å². The molecule has 0 heterocycles. The van der Waals surface area contributed by atoms with Crippen LogP contribution in [0.15, 0.2) is 24.3 Å². The summed E-state index contributed by atoms with van der Waals surface area (Å²) in [5.41, 5.74) is 0.883. The number of hydrogen-bond donors (Lipinski definition) is 1. The number of rotatable bonds is 7. The maximum Gasteiger partial charge on any atom is 0.392 e. The third-order valence-electron chi connectivity index (χ3n) is 2.36. The molecule has 0 aliphatic rings. The van der Waals surface area contributed by atoms with Crippen molar-refractivity contribution in [1.82, 2.24) is 5.32 Å². The lowest BCUT2D eigenvalue weighted by atomic mass is 10.2. The summed E-state index contributed by atoms with van der Waals surface area (Å²) in [7, 11) is 0. The van der Waals surface area contributed by atoms with E-state index in [-0.39, 0.29) is 6.61 Å². The summed E-state index contributed by atoms with van der Waals surface area (Å²) >= 11 is 0. The monoisotopic (exact) mass is 261 g/mol. The Bertz CT molecular complexity index is 352. The molecule has 0 atom stereocenters. The largest absolute Gasteiger partial charge is 0.493 e. The first kappa shape index (κ1) is 14.8. The lowest BCUT2D eigenvalue weighted by Gasteiger charge is -2.12. The van der Waals surface area contributed by atoms with Crippen LogP contribution in [0.1, 0.15) is 25.3 Å². The van der Waals surface area contributed by atoms with E-state index >= 15 is 0 Å². The molecule has 0 aliphatic heterocycles. The van der Waals surface area contributed by atoms with Gasteiger partial charge >= 0.3 is 6.18 Å². The minimum Gasteiger partial charge on any atom is -0.493 e. The van der Waals surface area contributed by atoms with Crippen molar-refractivity contribution < 1.29 is 17.9 Å². The van der Waals surface area contributed by atoms with E-state index in [2.05, 4.69) is 12.2 Å². The minimum atomic E-state index is -4.17. The van der Waals surface area contributed by atoms with Crippen LogP contribution in [-0.4, -0.2) is 19.3 Å². The van der Waals surface area contributed by atoms with Crippen molar-refractivity contribution in [2.45, 2.75) is 32.5 Å². The molecule has 1 aromatic carbocycles. The fourth-order valence-corrected chi connectivity index (χ4v) is 1.47. The Morgan fingerprint density at radius 2 is 1.94 bits per heavy atom. The van der Waals surface area contributed by atoms with E-state index in [0.29, 0.717) is 12.3 Å². The number of halogens is 3. The molecule has 0 amide bonds. The van der Waals surface area contributed by atoms with E-state index in [1.165, 1.54) is 0 Å². The Hall–Kier alpha value is -1.23. The van der Waals surface area contributed by atoms with E-state index < -0.39 is 12.6 Å². The SMILES string of the molecule is CCCNCc1ccccc1OCCC(F)(F)F. The summed E-state index contributed by atoms with van der Waals surface area (Å²) < 4.78 is 41.2. The van der Waals surface area contributed by atoms with Crippen molar-refractivity contribution in [3.05, 3.63) is 29.8 Å². The van der Waals surface area contributed by atoms with Crippen molar-refractivity contribution in [2.24, 2.45) is 0 Å². The first-order valence-electron chi connectivity index (χ1n) is 6.01. The molecule has 1 rings (SSSR count). The van der Waals surface area contributed by atoms with Gasteiger partial charge < -0.3 is 10.1 Å². The number of benzene rings is 1. The highest BCUT2D eigenvalue weighted by atomic mass is 19.4. The van der Waals surface area contributed by atoms with E-state index in [0.717, 1.165) is 18.5 Å². The second-order valence-corrected chi connectivity index (χ2v) is 4.00. The molecule has 0 radical (unpaired) electrons. The topological polar surface area (TPSA) is 21.3 Å². The highest BCUT2D eigenvalue weighted by Gasteiger charge is 2.26. The number of ether oxygens (including phenoxy) is 1. The van der Waals surface area contributed by atoms with Crippen LogP contribution in [0.4, 0.5) is 13.2 Å². The van der Waals surface area contributed by atoms with Gasteiger partial charge in [0.25, 0.3) is 0 Å². The van der Waals surface area contributed by atoms with E-state index in [9.17, 15) is 13.2 Å². The summed E-state index contributed by atoms with van der Waals surface area (Å²) in [6.45, 7) is 3.19. The Balaban J connectivity index is 2.48. The summed E-state index contributed by atoms with van der Waals surface area (Å²) in [5, 5.41) is 3.20. The first-order chi connectivity index (χ1) is 8.53. The fraction of sp³-hybridized carbons (Fsp3) is 0.538. The van der Waals surface area contributed by atoms with Crippen molar-refractivity contribution in [3.63, 3.8) is 0 Å². The molecule has 0 bridgehead atoms. The zero-order chi connectivity index (χ0) is 13.4. The van der Waals surface area contributed by atoms with Gasteiger partial charge in [-0.2, -0.15) is 13.2 Å². The Kier molecular flexibility index (Phi) is 5.98. The van der Waals surface area contributed by atoms with Crippen LogP contribution in [0, 0.1) is 0 Å². The van der Waals surface area contributed by atoms with Crippen LogP contribution in [0.2, 0.25) is 0 Å². The van der Waals surface area contributed by atoms with Gasteiger partial charge in [0.2, 0.25) is 0 Å². The van der Waals surface area contributed by atoms with Gasteiger partial charge in [0.1, 0.15) is 5.75 Å². The van der Waals surface area contributed by atoms with Crippen molar-refractivity contribution in [3.8, 4) is 5.75 Å². The molecule has 0 aromatic heterocycles. The van der Waals surface area contributed by atoms with Gasteiger partial charge in [0, 0.05) is 12.1 Å². The molecule has 0 spiro atoms. The lowest BCUT2D eigenvalue weighted by molar-refractivity contribution is -0.139. The molecule has 5 heteroatoms. The molecule has 2 nitrogen and oxygen atoms in total. The lowest BCUT2D eigenvalue weighted by Crippen LogP contribution is -2.16. The second kappa shape index (κ2) is 7.26. The van der Waals surface area contributed by atoms with Crippen LogP contribution < -0.4 is 10.1 Å². The predicted octanol–water partition coefficient (Wildman–Crippen LogP) is 3.52. The average molecular weight is 261 g/mol. The standard InChI is InChI=1S/C13H18F3NO/c1-2-8-17-10-11-5-3-4-6-12(11)18-9-7-13(14,15)16/h3-6,17H,2,7-10H2,1H3. The van der Waals surface area contributed by atoms with Crippen molar-refractivity contribution in [1.29, 1.82) is 0 Å². The molecule has 18 heavy (non-hydrogen) atoms. The second-order valence-electron chi connectivity index (χ2n) is 4.00. The molecular weight excluding hydrogens is 243 g/mol. The van der Waals surface area contributed by atoms with Crippen molar-refractivity contribution >= 4 is 0 Å². The fourth-order valence-electron chi connectivity index (χ4n) is 1.47. The van der Waals surface area contributed by atoms with Gasteiger partial charge in [0.15, 0.2) is 0 Å². The smallest absolute Gasteiger partial charge is 0.392 e. The molecular formula is C13H18F3NO. The maximum atomic E-state index is 12.0. The molecule has 0 aliphatic carbocycles. The molecule has 0 unspecified atom stereocenters. The van der Waals surface area contributed by atoms with Crippen LogP contribution in [-0.2, 0) is 6.54 Å². The highest BCUT2D eigenvalue weighted by Crippen LogP contribution is 2.22. The molecule has 0 saturated carbocycles. The molecule has 0 saturated heterocycles. The maximum absolute atomic E-state index is 12.0. The van der Waals surface area contributed by atoms with Crippen LogP contribution in [0.3, 0.4) is 0 Å². The van der Waals surface area contributed by atoms with Gasteiger partial charge in [-0.25, -0.2) is 0 Å². The number of nitrogens with one attached hydrogen (secondary N) is 1. The Morgan fingerprint density at radius 1 is 1.22 bits per heavy atom. The first-order valence-corrected chi connectivity index (χ1v) is 6.01. The van der Waals surface area contributed by atoms with E-state index in [1.54, 1.807) is 12.1 Å². The van der Waals surface area contributed by atoms with E-state index in [4.69, 9.17) is 4.74 Å². The zero-order valence-electron chi connectivity index (χ0n) is 10.4. The average Bonchev–Trinajstić information content (AvgIpc) is 2.30. The predicted molar refractivity (Wildman–Crippen MR) is 64.6 cm³/mol. The van der Waals surface area contributed by atoms with Gasteiger partial charge in [0.05, 0.1) is 13.0 Å². The zero-order valence-corrected chi connectivity index (χ0v) is 10.4. The van der Waals surface area contributed by atoms with Crippen LogP contribution >= 0.6 is 0 Å². The highest BCUT2D eigenvalue weighted by molar-refractivity contribution is 5.33. The van der Waals surface area contributed by atoms with Crippen LogP contribution in [0.25, 0.3) is 0 Å². The molecule has 1 N–H and O–H groups in total. The van der Waals surface area contributed by atoms with E-state index in [1.807, 2.05) is 12.1 Å². The summed E-state index contributed by atoms with van der Waals surface area (Å²) in [4.78, 5) is 0. The molecule has 1 aromatic rings. The number of hydrogen-bond acceptors (Lipinski definition) is 2. The minimum absolute atomic E-state index is 0.339. The summed E-state index contributed by atoms with van der Waals surface area (Å²) in [6, 6.07) is 7.15. The number of para-hydroxylation sites is 1. The van der Waals surface area contributed by atoms with Gasteiger partial charge in [-0.3, -0.25) is 0 Å². The van der Waals surface area contributed by atoms with Crippen molar-refractivity contribution in [2.75, 3.05) is 13.2 Å². The third kappa shape index (κ3) is 5.91. The molecule has 102 valence electrons. The normalized spacial score (nSPS) is 11.6. The van der Waals surface area contributed by atoms with Gasteiger partial charge in [-0.05, 0) is 19.0 Å². The summed E-state index contributed by atoms with van der Waals surface area (Å²) in [6.07, 6.45) is -4.09. The summed E-state index contributed by atoms with van der Waals surface area (Å²) in [5.74, 6) is 0.519. The van der Waals surface area contributed by atoms with Gasteiger partial charge in [-0.1, -0.05) is 25.1 Å². The molecule has 0 fully saturated rings. The Morgan fingerprint density at radius 3 is 2.61 bits per heavy atom. The third-order valence-corrected chi connectivity index (χ3v) is 2.36. The number of alkyl halides is 3. The quantitative estimate of drug-likeness (QED) is 0.758. The van der Waals surface area contributed by atoms with Gasteiger partial charge in [-0.15, -0.1) is 0 Å². The van der Waals surface area contributed by atoms with Crippen LogP contribution in [0.5, 0.6) is 5.75 Å².